The quantitative estimate of drug-likeness (QED) is 0.828. The van der Waals surface area contributed by atoms with E-state index in [-0.39, 0.29) is 24.2 Å². The van der Waals surface area contributed by atoms with Crippen LogP contribution in [0.15, 0.2) is 16.8 Å². The molecule has 1 aliphatic heterocycles. The minimum atomic E-state index is -0.0355. The van der Waals surface area contributed by atoms with Crippen LogP contribution in [0.25, 0.3) is 0 Å². The maximum absolute atomic E-state index is 12.8. The second kappa shape index (κ2) is 7.65. The van der Waals surface area contributed by atoms with Gasteiger partial charge < -0.3 is 4.90 Å². The average molecular weight is 327 g/mol. The maximum atomic E-state index is 12.8. The highest BCUT2D eigenvalue weighted by atomic mass is 32.2. The van der Waals surface area contributed by atoms with E-state index in [1.165, 1.54) is 5.56 Å². The zero-order valence-corrected chi connectivity index (χ0v) is 15.0. The van der Waals surface area contributed by atoms with Gasteiger partial charge in [0.15, 0.2) is 0 Å². The zero-order valence-electron chi connectivity index (χ0n) is 13.3. The van der Waals surface area contributed by atoms with Gasteiger partial charge in [-0.25, -0.2) is 0 Å². The fourth-order valence-electron chi connectivity index (χ4n) is 2.88. The van der Waals surface area contributed by atoms with Crippen LogP contribution in [0, 0.1) is 5.92 Å². The summed E-state index contributed by atoms with van der Waals surface area (Å²) in [5.74, 6) is 1.89. The number of rotatable bonds is 7. The third kappa shape index (κ3) is 4.02. The number of nitrogens with one attached hydrogen (secondary N) is 1. The number of nitrogens with zero attached hydrogens (tertiary/aromatic N) is 1. The molecule has 0 bridgehead atoms. The molecule has 118 valence electrons. The van der Waals surface area contributed by atoms with Crippen molar-refractivity contribution in [1.82, 2.24) is 10.2 Å². The molecule has 0 radical (unpaired) electrons. The smallest absolute Gasteiger partial charge is 0.241 e. The molecule has 0 aliphatic carbocycles. The van der Waals surface area contributed by atoms with E-state index in [1.54, 1.807) is 11.3 Å². The Morgan fingerprint density at radius 2 is 2.19 bits per heavy atom. The van der Waals surface area contributed by atoms with E-state index in [0.717, 1.165) is 18.6 Å². The van der Waals surface area contributed by atoms with E-state index in [1.807, 2.05) is 11.8 Å². The highest BCUT2D eigenvalue weighted by Gasteiger charge is 2.41. The van der Waals surface area contributed by atoms with E-state index in [2.05, 4.69) is 54.1 Å². The van der Waals surface area contributed by atoms with E-state index in [9.17, 15) is 4.79 Å². The molecule has 3 atom stereocenters. The average Bonchev–Trinajstić information content (AvgIpc) is 3.05. The molecular weight excluding hydrogens is 300 g/mol. The number of carbonyl (C=O) groups is 1. The Labute approximate surface area is 136 Å². The summed E-state index contributed by atoms with van der Waals surface area (Å²) in [5, 5.41) is 7.79. The number of hydrogen-bond donors (Lipinski definition) is 1. The van der Waals surface area contributed by atoms with Gasteiger partial charge in [-0.2, -0.15) is 23.1 Å². The van der Waals surface area contributed by atoms with Crippen LogP contribution < -0.4 is 5.32 Å². The molecule has 0 saturated carbocycles. The van der Waals surface area contributed by atoms with E-state index in [4.69, 9.17) is 0 Å². The fourth-order valence-corrected chi connectivity index (χ4v) is 4.13. The largest absolute Gasteiger partial charge is 0.319 e. The van der Waals surface area contributed by atoms with Crippen LogP contribution in [0.4, 0.5) is 0 Å². The summed E-state index contributed by atoms with van der Waals surface area (Å²) in [6, 6.07) is 2.37. The molecule has 0 spiro atoms. The van der Waals surface area contributed by atoms with Crippen LogP contribution in [0.1, 0.15) is 45.3 Å². The van der Waals surface area contributed by atoms with Crippen molar-refractivity contribution < 1.29 is 4.79 Å². The van der Waals surface area contributed by atoms with Gasteiger partial charge in [0.25, 0.3) is 0 Å². The fraction of sp³-hybridized carbons (Fsp3) is 0.688. The first-order valence-corrected chi connectivity index (χ1v) is 9.97. The van der Waals surface area contributed by atoms with Gasteiger partial charge in [0.1, 0.15) is 6.17 Å². The van der Waals surface area contributed by atoms with Crippen LogP contribution in [-0.2, 0) is 4.79 Å². The standard InChI is InChI=1S/C16H26N2OS2/c1-11(2)9-14-16(19)18(12(3)5-7-20-4)15(17-14)13-6-8-21-10-13/h6,8,10-12,14-15,17H,5,7,9H2,1-4H3. The molecule has 1 aromatic heterocycles. The minimum Gasteiger partial charge on any atom is -0.319 e. The molecule has 1 saturated heterocycles. The van der Waals surface area contributed by atoms with E-state index in [0.29, 0.717) is 5.92 Å². The van der Waals surface area contributed by atoms with Gasteiger partial charge in [0, 0.05) is 6.04 Å². The third-order valence-corrected chi connectivity index (χ3v) is 5.32. The number of thioether (sulfide) groups is 1. The first-order chi connectivity index (χ1) is 10.0. The third-order valence-electron chi connectivity index (χ3n) is 3.97. The summed E-state index contributed by atoms with van der Waals surface area (Å²) < 4.78 is 0. The van der Waals surface area contributed by atoms with E-state index >= 15 is 0 Å². The first kappa shape index (κ1) is 16.8. The number of thiophene rings is 1. The molecule has 2 heterocycles. The van der Waals surface area contributed by atoms with Crippen molar-refractivity contribution in [3.63, 3.8) is 0 Å². The molecular formula is C16H26N2OS2. The molecule has 1 aliphatic rings. The summed E-state index contributed by atoms with van der Waals surface area (Å²) in [6.07, 6.45) is 4.12. The number of carbonyl (C=O) groups excluding carboxylic acids is 1. The van der Waals surface area contributed by atoms with Crippen LogP contribution in [0.2, 0.25) is 0 Å². The van der Waals surface area contributed by atoms with Crippen LogP contribution in [0.3, 0.4) is 0 Å². The van der Waals surface area contributed by atoms with Crippen molar-refractivity contribution in [2.24, 2.45) is 5.92 Å². The van der Waals surface area contributed by atoms with Crippen molar-refractivity contribution in [2.45, 2.75) is 51.9 Å². The van der Waals surface area contributed by atoms with Gasteiger partial charge in [-0.05, 0) is 60.1 Å². The highest BCUT2D eigenvalue weighted by Crippen LogP contribution is 2.31. The van der Waals surface area contributed by atoms with Crippen LogP contribution >= 0.6 is 23.1 Å². The molecule has 21 heavy (non-hydrogen) atoms. The summed E-state index contributed by atoms with van der Waals surface area (Å²) in [4.78, 5) is 14.9. The SMILES string of the molecule is CSCCC(C)N1C(=O)C(CC(C)C)NC1c1ccsc1. The lowest BCUT2D eigenvalue weighted by atomic mass is 10.0. The molecule has 1 fully saturated rings. The second-order valence-electron chi connectivity index (χ2n) is 6.18. The van der Waals surface area contributed by atoms with Gasteiger partial charge in [-0.15, -0.1) is 0 Å². The lowest BCUT2D eigenvalue weighted by Crippen LogP contribution is -2.38. The Kier molecular flexibility index (Phi) is 6.14. The second-order valence-corrected chi connectivity index (χ2v) is 7.95. The monoisotopic (exact) mass is 326 g/mol. The molecule has 1 amide bonds. The Morgan fingerprint density at radius 3 is 2.76 bits per heavy atom. The summed E-state index contributed by atoms with van der Waals surface area (Å²) in [5.41, 5.74) is 1.22. The van der Waals surface area contributed by atoms with Crippen molar-refractivity contribution in [3.8, 4) is 0 Å². The van der Waals surface area contributed by atoms with Crippen LogP contribution in [-0.4, -0.2) is 34.9 Å². The van der Waals surface area contributed by atoms with Crippen molar-refractivity contribution in [1.29, 1.82) is 0 Å². The van der Waals surface area contributed by atoms with Gasteiger partial charge in [-0.3, -0.25) is 10.1 Å². The number of amides is 1. The summed E-state index contributed by atoms with van der Waals surface area (Å²) in [7, 11) is 0. The highest BCUT2D eigenvalue weighted by molar-refractivity contribution is 7.98. The Balaban J connectivity index is 2.17. The molecule has 3 unspecified atom stereocenters. The lowest BCUT2D eigenvalue weighted by molar-refractivity contribution is -0.132. The lowest BCUT2D eigenvalue weighted by Gasteiger charge is -2.30. The Bertz CT molecular complexity index is 447. The van der Waals surface area contributed by atoms with E-state index < -0.39 is 0 Å². The predicted octanol–water partition coefficient (Wildman–Crippen LogP) is 3.73. The van der Waals surface area contributed by atoms with Crippen LogP contribution in [0.5, 0.6) is 0 Å². The summed E-state index contributed by atoms with van der Waals surface area (Å²) >= 11 is 3.54. The predicted molar refractivity (Wildman–Crippen MR) is 92.7 cm³/mol. The van der Waals surface area contributed by atoms with Crippen molar-refractivity contribution in [3.05, 3.63) is 22.4 Å². The van der Waals surface area contributed by atoms with Gasteiger partial charge in [0.2, 0.25) is 5.91 Å². The Hall–Kier alpha value is -0.520. The molecule has 2 rings (SSSR count). The maximum Gasteiger partial charge on any atom is 0.241 e. The van der Waals surface area contributed by atoms with Gasteiger partial charge in [-0.1, -0.05) is 13.8 Å². The molecule has 1 N–H and O–H groups in total. The molecule has 1 aromatic rings. The Morgan fingerprint density at radius 1 is 1.43 bits per heavy atom. The molecule has 0 aromatic carbocycles. The van der Waals surface area contributed by atoms with Gasteiger partial charge >= 0.3 is 0 Å². The van der Waals surface area contributed by atoms with Crippen molar-refractivity contribution >= 4 is 29.0 Å². The van der Waals surface area contributed by atoms with Crippen molar-refractivity contribution in [2.75, 3.05) is 12.0 Å². The minimum absolute atomic E-state index is 0.0355. The summed E-state index contributed by atoms with van der Waals surface area (Å²) in [6.45, 7) is 6.52. The zero-order chi connectivity index (χ0) is 15.4. The molecule has 3 nitrogen and oxygen atoms in total. The number of hydrogen-bond acceptors (Lipinski definition) is 4. The first-order valence-electron chi connectivity index (χ1n) is 7.63. The topological polar surface area (TPSA) is 32.3 Å². The molecule has 5 heteroatoms. The van der Waals surface area contributed by atoms with Gasteiger partial charge in [0.05, 0.1) is 6.04 Å². The normalized spacial score (nSPS) is 24.0.